The number of nitrogens with one attached hydrogen (secondary N) is 2. The Labute approximate surface area is 146 Å². The van der Waals surface area contributed by atoms with Crippen LogP contribution in [-0.4, -0.2) is 25.5 Å². The number of sulfonamides is 1. The van der Waals surface area contributed by atoms with Gasteiger partial charge in [-0.25, -0.2) is 13.1 Å². The Hall–Kier alpha value is -2.19. The lowest BCUT2D eigenvalue weighted by atomic mass is 9.96. The van der Waals surface area contributed by atoms with Gasteiger partial charge in [0.1, 0.15) is 0 Å². The number of carbonyl (C=O) groups is 1. The second-order valence-electron chi connectivity index (χ2n) is 6.27. The van der Waals surface area contributed by atoms with Gasteiger partial charge in [-0.1, -0.05) is 24.4 Å². The van der Waals surface area contributed by atoms with Crippen molar-refractivity contribution in [3.8, 4) is 0 Å². The van der Waals surface area contributed by atoms with E-state index in [1.54, 1.807) is 19.1 Å². The first-order valence-electron chi connectivity index (χ1n) is 8.31. The third kappa shape index (κ3) is 4.46. The van der Waals surface area contributed by atoms with Gasteiger partial charge in [-0.3, -0.25) is 4.79 Å². The summed E-state index contributed by atoms with van der Waals surface area (Å²) in [6, 6.07) is 7.60. The van der Waals surface area contributed by atoms with Crippen molar-refractivity contribution in [2.24, 2.45) is 0 Å². The highest BCUT2D eigenvalue weighted by Gasteiger charge is 2.22. The second-order valence-corrected chi connectivity index (χ2v) is 7.98. The highest BCUT2D eigenvalue weighted by Crippen LogP contribution is 2.21. The second kappa shape index (κ2) is 7.37. The lowest BCUT2D eigenvalue weighted by Crippen LogP contribution is -2.36. The van der Waals surface area contributed by atoms with Gasteiger partial charge in [-0.2, -0.15) is 0 Å². The van der Waals surface area contributed by atoms with Crippen molar-refractivity contribution in [1.29, 1.82) is 0 Å². The molecule has 1 fully saturated rings. The zero-order valence-electron chi connectivity index (χ0n) is 14.0. The minimum atomic E-state index is -3.55. The van der Waals surface area contributed by atoms with E-state index in [-0.39, 0.29) is 16.7 Å². The number of hydrogen-bond donors (Lipinski definition) is 2. The van der Waals surface area contributed by atoms with Crippen LogP contribution >= 0.6 is 0 Å². The van der Waals surface area contributed by atoms with Crippen molar-refractivity contribution >= 4 is 21.6 Å². The van der Waals surface area contributed by atoms with Crippen LogP contribution in [0.15, 0.2) is 39.8 Å². The summed E-state index contributed by atoms with van der Waals surface area (Å²) in [5, 5.41) is 6.30. The molecule has 0 radical (unpaired) electrons. The fourth-order valence-electron chi connectivity index (χ4n) is 2.89. The third-order valence-corrected chi connectivity index (χ3v) is 5.74. The zero-order chi connectivity index (χ0) is 17.9. The molecular weight excluding hydrogens is 342 g/mol. The minimum absolute atomic E-state index is 0.00724. The van der Waals surface area contributed by atoms with Crippen molar-refractivity contribution in [3.63, 3.8) is 0 Å². The third-order valence-electron chi connectivity index (χ3n) is 4.20. The summed E-state index contributed by atoms with van der Waals surface area (Å²) in [4.78, 5) is 12.2. The molecular formula is C17H21N3O4S. The van der Waals surface area contributed by atoms with Crippen LogP contribution in [0.25, 0.3) is 0 Å². The Morgan fingerprint density at radius 1 is 1.16 bits per heavy atom. The number of hydrogen-bond acceptors (Lipinski definition) is 5. The van der Waals surface area contributed by atoms with Crippen LogP contribution in [0.2, 0.25) is 0 Å². The predicted octanol–water partition coefficient (Wildman–Crippen LogP) is 2.85. The first-order chi connectivity index (χ1) is 11.9. The molecule has 2 N–H and O–H groups in total. The van der Waals surface area contributed by atoms with E-state index < -0.39 is 15.9 Å². The van der Waals surface area contributed by atoms with Gasteiger partial charge in [0.05, 0.1) is 10.6 Å². The topological polar surface area (TPSA) is 101 Å². The molecule has 134 valence electrons. The van der Waals surface area contributed by atoms with E-state index >= 15 is 0 Å². The molecule has 1 amide bonds. The van der Waals surface area contributed by atoms with Crippen molar-refractivity contribution in [1.82, 2.24) is 9.88 Å². The minimum Gasteiger partial charge on any atom is -0.351 e. The molecule has 0 saturated heterocycles. The molecule has 25 heavy (non-hydrogen) atoms. The van der Waals surface area contributed by atoms with E-state index in [9.17, 15) is 13.2 Å². The van der Waals surface area contributed by atoms with Crippen LogP contribution in [0.3, 0.4) is 0 Å². The Morgan fingerprint density at radius 2 is 1.84 bits per heavy atom. The Bertz CT molecular complexity index is 837. The molecule has 1 aliphatic carbocycles. The van der Waals surface area contributed by atoms with Crippen molar-refractivity contribution in [2.75, 3.05) is 5.32 Å². The van der Waals surface area contributed by atoms with Gasteiger partial charge in [0.25, 0.3) is 5.91 Å². The zero-order valence-corrected chi connectivity index (χ0v) is 14.8. The van der Waals surface area contributed by atoms with Crippen LogP contribution in [-0.2, 0) is 10.0 Å². The number of benzene rings is 1. The van der Waals surface area contributed by atoms with E-state index in [2.05, 4.69) is 15.2 Å². The van der Waals surface area contributed by atoms with Crippen molar-refractivity contribution in [3.05, 3.63) is 41.8 Å². The van der Waals surface area contributed by atoms with Gasteiger partial charge in [-0.05, 0) is 44.0 Å². The van der Waals surface area contributed by atoms with E-state index in [4.69, 9.17) is 4.52 Å². The molecule has 7 nitrogen and oxygen atoms in total. The average Bonchev–Trinajstić information content (AvgIpc) is 3.02. The summed E-state index contributed by atoms with van der Waals surface area (Å²) in [5.41, 5.74) is 1.09. The van der Waals surface area contributed by atoms with Crippen LogP contribution in [0.5, 0.6) is 0 Å². The van der Waals surface area contributed by atoms with Crippen molar-refractivity contribution < 1.29 is 17.7 Å². The summed E-state index contributed by atoms with van der Waals surface area (Å²) in [7, 11) is -3.55. The van der Waals surface area contributed by atoms with Gasteiger partial charge in [-0.15, -0.1) is 0 Å². The number of rotatable bonds is 5. The van der Waals surface area contributed by atoms with E-state index in [0.717, 1.165) is 32.1 Å². The fraction of sp³-hybridized carbons (Fsp3) is 0.412. The monoisotopic (exact) mass is 363 g/mol. The predicted molar refractivity (Wildman–Crippen MR) is 92.8 cm³/mol. The Morgan fingerprint density at radius 3 is 2.44 bits per heavy atom. The number of carbonyl (C=O) groups excluding carboxylic acids is 1. The number of aromatic nitrogens is 1. The SMILES string of the molecule is Cc1cc(C(=O)Nc2ccc(S(=O)(=O)NC3CCCCC3)cc2)on1. The summed E-state index contributed by atoms with van der Waals surface area (Å²) >= 11 is 0. The summed E-state index contributed by atoms with van der Waals surface area (Å²) in [5.74, 6) is -0.329. The highest BCUT2D eigenvalue weighted by molar-refractivity contribution is 7.89. The van der Waals surface area contributed by atoms with Gasteiger partial charge >= 0.3 is 0 Å². The molecule has 8 heteroatoms. The smallest absolute Gasteiger partial charge is 0.294 e. The molecule has 1 aromatic carbocycles. The number of aryl methyl sites for hydroxylation is 1. The van der Waals surface area contributed by atoms with E-state index in [1.165, 1.54) is 18.2 Å². The fourth-order valence-corrected chi connectivity index (χ4v) is 4.19. The number of nitrogens with zero attached hydrogens (tertiary/aromatic N) is 1. The van der Waals surface area contributed by atoms with Gasteiger partial charge < -0.3 is 9.84 Å². The molecule has 1 saturated carbocycles. The largest absolute Gasteiger partial charge is 0.351 e. The molecule has 0 bridgehead atoms. The highest BCUT2D eigenvalue weighted by atomic mass is 32.2. The van der Waals surface area contributed by atoms with Crippen LogP contribution in [0.1, 0.15) is 48.4 Å². The molecule has 0 aliphatic heterocycles. The quantitative estimate of drug-likeness (QED) is 0.850. The average molecular weight is 363 g/mol. The molecule has 3 rings (SSSR count). The number of anilines is 1. The lowest BCUT2D eigenvalue weighted by molar-refractivity contribution is 0.0988. The first kappa shape index (κ1) is 17.6. The van der Waals surface area contributed by atoms with Crippen molar-refractivity contribution in [2.45, 2.75) is 50.0 Å². The summed E-state index contributed by atoms with van der Waals surface area (Å²) < 4.78 is 32.5. The molecule has 1 heterocycles. The van der Waals surface area contributed by atoms with E-state index in [0.29, 0.717) is 11.4 Å². The Balaban J connectivity index is 1.65. The maximum atomic E-state index is 12.4. The van der Waals surface area contributed by atoms with Gasteiger partial charge in [0, 0.05) is 17.8 Å². The number of amides is 1. The molecule has 2 aromatic rings. The lowest BCUT2D eigenvalue weighted by Gasteiger charge is -2.22. The van der Waals surface area contributed by atoms with Crippen LogP contribution in [0, 0.1) is 6.92 Å². The maximum Gasteiger partial charge on any atom is 0.294 e. The Kier molecular flexibility index (Phi) is 5.19. The molecule has 0 unspecified atom stereocenters. The molecule has 0 spiro atoms. The molecule has 0 atom stereocenters. The maximum absolute atomic E-state index is 12.4. The summed E-state index contributed by atoms with van der Waals surface area (Å²) in [6.07, 6.45) is 5.03. The van der Waals surface area contributed by atoms with Gasteiger partial charge in [0.2, 0.25) is 15.8 Å². The normalized spacial score (nSPS) is 15.9. The summed E-state index contributed by atoms with van der Waals surface area (Å²) in [6.45, 7) is 1.72. The van der Waals surface area contributed by atoms with Crippen LogP contribution in [0.4, 0.5) is 5.69 Å². The molecule has 1 aliphatic rings. The van der Waals surface area contributed by atoms with Gasteiger partial charge in [0.15, 0.2) is 0 Å². The van der Waals surface area contributed by atoms with E-state index in [1.807, 2.05) is 0 Å². The van der Waals surface area contributed by atoms with Crippen LogP contribution < -0.4 is 10.0 Å². The standard InChI is InChI=1S/C17H21N3O4S/c1-12-11-16(24-19-12)17(21)18-13-7-9-15(10-8-13)25(22,23)20-14-5-3-2-4-6-14/h7-11,14,20H,2-6H2,1H3,(H,18,21). The molecule has 1 aromatic heterocycles. The first-order valence-corrected chi connectivity index (χ1v) is 9.79.